The molecule has 2 nitrogen and oxygen atoms in total. The first kappa shape index (κ1) is 10.7. The van der Waals surface area contributed by atoms with Gasteiger partial charge in [-0.3, -0.25) is 0 Å². The predicted octanol–water partition coefficient (Wildman–Crippen LogP) is 2.27. The smallest absolute Gasteiger partial charge is 0.106 e. The highest BCUT2D eigenvalue weighted by atomic mass is 127. The molecule has 1 aliphatic heterocycles. The summed E-state index contributed by atoms with van der Waals surface area (Å²) in [4.78, 5) is 2.50. The molecule has 0 aromatic carbocycles. The second-order valence-corrected chi connectivity index (χ2v) is 5.07. The van der Waals surface area contributed by atoms with Crippen LogP contribution in [0.3, 0.4) is 0 Å². The molecule has 1 saturated heterocycles. The first-order chi connectivity index (χ1) is 5.79. The number of alkyl halides is 1. The molecule has 1 rings (SSSR count). The van der Waals surface area contributed by atoms with Crippen molar-refractivity contribution in [3.8, 4) is 0 Å². The molecule has 0 aromatic rings. The van der Waals surface area contributed by atoms with Crippen molar-refractivity contribution < 1.29 is 4.74 Å². The first-order valence-electron chi connectivity index (χ1n) is 4.77. The number of piperidine rings is 1. The summed E-state index contributed by atoms with van der Waals surface area (Å²) in [7, 11) is 0. The maximum Gasteiger partial charge on any atom is 0.106 e. The van der Waals surface area contributed by atoms with Gasteiger partial charge in [-0.05, 0) is 32.9 Å². The normalized spacial score (nSPS) is 22.5. The van der Waals surface area contributed by atoms with Crippen molar-refractivity contribution >= 4 is 22.6 Å². The van der Waals surface area contributed by atoms with Gasteiger partial charge in [-0.1, -0.05) is 29.0 Å². The van der Waals surface area contributed by atoms with Gasteiger partial charge < -0.3 is 9.64 Å². The van der Waals surface area contributed by atoms with Gasteiger partial charge in [-0.15, -0.1) is 0 Å². The maximum absolute atomic E-state index is 5.49. The molecule has 3 heteroatoms. The maximum atomic E-state index is 5.49. The standard InChI is InChI=1S/C9H18INO/c1-9(10)12-8-7-11-5-3-2-4-6-11/h9H,2-8H2,1H3/t9-/m1/s1. The Morgan fingerprint density at radius 2 is 2.00 bits per heavy atom. The lowest BCUT2D eigenvalue weighted by atomic mass is 10.1. The van der Waals surface area contributed by atoms with Gasteiger partial charge in [0.15, 0.2) is 0 Å². The quantitative estimate of drug-likeness (QED) is 0.579. The van der Waals surface area contributed by atoms with Gasteiger partial charge in [-0.25, -0.2) is 0 Å². The number of halogens is 1. The SMILES string of the molecule is C[C@H](I)OCCN1CCCCC1. The molecule has 1 aliphatic rings. The molecule has 1 fully saturated rings. The summed E-state index contributed by atoms with van der Waals surface area (Å²) >= 11 is 2.30. The molecule has 0 spiro atoms. The minimum atomic E-state index is 0.354. The minimum absolute atomic E-state index is 0.354. The lowest BCUT2D eigenvalue weighted by molar-refractivity contribution is 0.0962. The van der Waals surface area contributed by atoms with E-state index in [0.29, 0.717) is 4.11 Å². The van der Waals surface area contributed by atoms with E-state index in [2.05, 4.69) is 34.4 Å². The Labute approximate surface area is 88.8 Å². The molecule has 0 bridgehead atoms. The minimum Gasteiger partial charge on any atom is -0.367 e. The summed E-state index contributed by atoms with van der Waals surface area (Å²) in [6.07, 6.45) is 4.17. The molecule has 0 radical (unpaired) electrons. The topological polar surface area (TPSA) is 12.5 Å². The van der Waals surface area contributed by atoms with Crippen LogP contribution in [0.15, 0.2) is 0 Å². The van der Waals surface area contributed by atoms with Crippen LogP contribution < -0.4 is 0 Å². The lowest BCUT2D eigenvalue weighted by Gasteiger charge is -2.26. The van der Waals surface area contributed by atoms with Crippen LogP contribution in [-0.2, 0) is 4.74 Å². The number of hydrogen-bond donors (Lipinski definition) is 0. The van der Waals surface area contributed by atoms with E-state index in [1.54, 1.807) is 0 Å². The predicted molar refractivity (Wildman–Crippen MR) is 59.7 cm³/mol. The van der Waals surface area contributed by atoms with Gasteiger partial charge in [-0.2, -0.15) is 0 Å². The summed E-state index contributed by atoms with van der Waals surface area (Å²) in [5, 5.41) is 0. The fourth-order valence-corrected chi connectivity index (χ4v) is 1.78. The molecular weight excluding hydrogens is 265 g/mol. The Hall–Kier alpha value is 0.650. The molecule has 1 heterocycles. The van der Waals surface area contributed by atoms with Crippen molar-refractivity contribution in [1.29, 1.82) is 0 Å². The largest absolute Gasteiger partial charge is 0.367 e. The average Bonchev–Trinajstić information content (AvgIpc) is 2.05. The molecular formula is C9H18INO. The van der Waals surface area contributed by atoms with E-state index in [0.717, 1.165) is 13.2 Å². The van der Waals surface area contributed by atoms with E-state index in [1.807, 2.05) is 0 Å². The second kappa shape index (κ2) is 6.16. The lowest BCUT2D eigenvalue weighted by Crippen LogP contribution is -2.32. The van der Waals surface area contributed by atoms with Crippen LogP contribution in [0.5, 0.6) is 0 Å². The molecule has 0 amide bonds. The third-order valence-electron chi connectivity index (χ3n) is 2.20. The molecule has 0 aliphatic carbocycles. The van der Waals surface area contributed by atoms with Crippen LogP contribution in [0.2, 0.25) is 0 Å². The molecule has 1 atom stereocenters. The van der Waals surface area contributed by atoms with Crippen LogP contribution in [-0.4, -0.2) is 35.3 Å². The van der Waals surface area contributed by atoms with Gasteiger partial charge in [0.1, 0.15) is 4.11 Å². The highest BCUT2D eigenvalue weighted by Crippen LogP contribution is 2.08. The zero-order valence-electron chi connectivity index (χ0n) is 7.76. The summed E-state index contributed by atoms with van der Waals surface area (Å²) < 4.78 is 5.84. The zero-order valence-corrected chi connectivity index (χ0v) is 9.92. The fraction of sp³-hybridized carbons (Fsp3) is 1.00. The Morgan fingerprint density at radius 1 is 1.33 bits per heavy atom. The monoisotopic (exact) mass is 283 g/mol. The molecule has 12 heavy (non-hydrogen) atoms. The van der Waals surface area contributed by atoms with Crippen LogP contribution in [0.4, 0.5) is 0 Å². The van der Waals surface area contributed by atoms with Crippen LogP contribution in [0.25, 0.3) is 0 Å². The van der Waals surface area contributed by atoms with Crippen molar-refractivity contribution in [2.45, 2.75) is 30.3 Å². The summed E-state index contributed by atoms with van der Waals surface area (Å²) in [6, 6.07) is 0. The van der Waals surface area contributed by atoms with E-state index in [1.165, 1.54) is 32.4 Å². The second-order valence-electron chi connectivity index (χ2n) is 3.32. The molecule has 0 aromatic heterocycles. The van der Waals surface area contributed by atoms with Crippen molar-refractivity contribution in [1.82, 2.24) is 4.90 Å². The van der Waals surface area contributed by atoms with Crippen molar-refractivity contribution in [2.24, 2.45) is 0 Å². The van der Waals surface area contributed by atoms with Crippen LogP contribution in [0.1, 0.15) is 26.2 Å². The first-order valence-corrected chi connectivity index (χ1v) is 6.01. The van der Waals surface area contributed by atoms with Crippen molar-refractivity contribution in [3.05, 3.63) is 0 Å². The molecule has 0 saturated carbocycles. The molecule has 0 N–H and O–H groups in total. The third kappa shape index (κ3) is 4.62. The Kier molecular flexibility index (Phi) is 5.50. The van der Waals surface area contributed by atoms with Gasteiger partial charge in [0.2, 0.25) is 0 Å². The van der Waals surface area contributed by atoms with E-state index in [-0.39, 0.29) is 0 Å². The van der Waals surface area contributed by atoms with E-state index < -0.39 is 0 Å². The van der Waals surface area contributed by atoms with Gasteiger partial charge in [0, 0.05) is 6.54 Å². The van der Waals surface area contributed by atoms with E-state index >= 15 is 0 Å². The number of rotatable bonds is 4. The van der Waals surface area contributed by atoms with E-state index in [4.69, 9.17) is 4.74 Å². The Balaban J connectivity index is 1.98. The summed E-state index contributed by atoms with van der Waals surface area (Å²) in [5.74, 6) is 0. The van der Waals surface area contributed by atoms with Crippen molar-refractivity contribution in [3.63, 3.8) is 0 Å². The Bertz CT molecular complexity index is 113. The van der Waals surface area contributed by atoms with Crippen LogP contribution >= 0.6 is 22.6 Å². The number of likely N-dealkylation sites (tertiary alicyclic amines) is 1. The van der Waals surface area contributed by atoms with Crippen LogP contribution in [0, 0.1) is 0 Å². The average molecular weight is 283 g/mol. The highest BCUT2D eigenvalue weighted by molar-refractivity contribution is 14.1. The van der Waals surface area contributed by atoms with Gasteiger partial charge in [0.25, 0.3) is 0 Å². The number of ether oxygens (including phenoxy) is 1. The molecule has 0 unspecified atom stereocenters. The molecule has 72 valence electrons. The van der Waals surface area contributed by atoms with E-state index in [9.17, 15) is 0 Å². The third-order valence-corrected chi connectivity index (χ3v) is 2.56. The van der Waals surface area contributed by atoms with Gasteiger partial charge >= 0.3 is 0 Å². The van der Waals surface area contributed by atoms with Crippen molar-refractivity contribution in [2.75, 3.05) is 26.2 Å². The van der Waals surface area contributed by atoms with Gasteiger partial charge in [0.05, 0.1) is 6.61 Å². The number of hydrogen-bond acceptors (Lipinski definition) is 2. The summed E-state index contributed by atoms with van der Waals surface area (Å²) in [5.41, 5.74) is 0. The Morgan fingerprint density at radius 3 is 2.58 bits per heavy atom. The summed E-state index contributed by atoms with van der Waals surface area (Å²) in [6.45, 7) is 6.65. The fourth-order valence-electron chi connectivity index (χ4n) is 1.53. The highest BCUT2D eigenvalue weighted by Gasteiger charge is 2.09. The number of nitrogens with zero attached hydrogens (tertiary/aromatic N) is 1. The zero-order chi connectivity index (χ0) is 8.81.